The van der Waals surface area contributed by atoms with Crippen molar-refractivity contribution in [2.45, 2.75) is 6.54 Å². The fourth-order valence-electron chi connectivity index (χ4n) is 2.47. The van der Waals surface area contributed by atoms with E-state index in [0.29, 0.717) is 16.9 Å². The molecule has 1 amide bonds. The van der Waals surface area contributed by atoms with Crippen LogP contribution in [-0.2, 0) is 11.3 Å². The second kappa shape index (κ2) is 7.94. The van der Waals surface area contributed by atoms with Gasteiger partial charge >= 0.3 is 0 Å². The summed E-state index contributed by atoms with van der Waals surface area (Å²) in [6.45, 7) is 0.255. The number of nitrogens with zero attached hydrogens (tertiary/aromatic N) is 1. The maximum Gasteiger partial charge on any atom is 0.270 e. The number of benzene rings is 2. The maximum atomic E-state index is 12.7. The standard InChI is InChI=1S/C20H16N2O4/c23-20(21-14-18-10-5-11-26-18)19(16-7-2-1-3-8-16)13-15-6-4-9-17(12-15)22(24)25/h1-13H,14H2,(H,21,23)/b19-13-. The normalized spacial score (nSPS) is 11.2. The molecule has 0 aliphatic carbocycles. The number of carbonyl (C=O) groups is 1. The van der Waals surface area contributed by atoms with Crippen molar-refractivity contribution in [1.82, 2.24) is 5.32 Å². The van der Waals surface area contributed by atoms with Crippen molar-refractivity contribution >= 4 is 23.2 Å². The van der Waals surface area contributed by atoms with Gasteiger partial charge in [0.15, 0.2) is 0 Å². The SMILES string of the molecule is O=C(NCc1ccco1)/C(=C\c1cccc([N+](=O)[O-])c1)c1ccccc1. The van der Waals surface area contributed by atoms with Gasteiger partial charge in [-0.2, -0.15) is 0 Å². The molecule has 0 unspecified atom stereocenters. The largest absolute Gasteiger partial charge is 0.467 e. The van der Waals surface area contributed by atoms with E-state index < -0.39 is 4.92 Å². The molecule has 0 bridgehead atoms. The molecule has 0 atom stereocenters. The van der Waals surface area contributed by atoms with Gasteiger partial charge in [0.1, 0.15) is 5.76 Å². The van der Waals surface area contributed by atoms with E-state index in [2.05, 4.69) is 5.32 Å². The van der Waals surface area contributed by atoms with Gasteiger partial charge in [-0.15, -0.1) is 0 Å². The first-order chi connectivity index (χ1) is 12.6. The minimum Gasteiger partial charge on any atom is -0.467 e. The van der Waals surface area contributed by atoms with Crippen LogP contribution in [0.5, 0.6) is 0 Å². The molecule has 3 rings (SSSR count). The third kappa shape index (κ3) is 4.24. The molecule has 0 aliphatic heterocycles. The Bertz CT molecular complexity index is 931. The first-order valence-electron chi connectivity index (χ1n) is 7.95. The Kier molecular flexibility index (Phi) is 5.24. The van der Waals surface area contributed by atoms with Gasteiger partial charge in [-0.05, 0) is 29.3 Å². The topological polar surface area (TPSA) is 85.4 Å². The van der Waals surface area contributed by atoms with E-state index in [4.69, 9.17) is 4.42 Å². The number of nitro benzene ring substituents is 1. The first-order valence-corrected chi connectivity index (χ1v) is 7.95. The summed E-state index contributed by atoms with van der Waals surface area (Å²) in [6.07, 6.45) is 3.18. The molecule has 3 aromatic rings. The van der Waals surface area contributed by atoms with Gasteiger partial charge in [0, 0.05) is 17.7 Å². The zero-order chi connectivity index (χ0) is 18.4. The van der Waals surface area contributed by atoms with Crippen molar-refractivity contribution in [3.8, 4) is 0 Å². The molecule has 26 heavy (non-hydrogen) atoms. The lowest BCUT2D eigenvalue weighted by atomic mass is 10.0. The third-order valence-electron chi connectivity index (χ3n) is 3.72. The molecular weight excluding hydrogens is 332 g/mol. The van der Waals surface area contributed by atoms with Crippen molar-refractivity contribution in [3.05, 3.63) is 100.0 Å². The molecule has 1 aromatic heterocycles. The van der Waals surface area contributed by atoms with Gasteiger partial charge in [0.25, 0.3) is 11.6 Å². The van der Waals surface area contributed by atoms with E-state index in [1.165, 1.54) is 12.1 Å². The van der Waals surface area contributed by atoms with Crippen LogP contribution < -0.4 is 5.32 Å². The van der Waals surface area contributed by atoms with Crippen LogP contribution in [0.1, 0.15) is 16.9 Å². The highest BCUT2D eigenvalue weighted by molar-refractivity contribution is 6.24. The zero-order valence-electron chi connectivity index (χ0n) is 13.8. The summed E-state index contributed by atoms with van der Waals surface area (Å²) in [6, 6.07) is 18.8. The van der Waals surface area contributed by atoms with E-state index in [1.807, 2.05) is 30.3 Å². The molecule has 2 aromatic carbocycles. The van der Waals surface area contributed by atoms with Gasteiger partial charge in [-0.3, -0.25) is 14.9 Å². The van der Waals surface area contributed by atoms with Crippen LogP contribution >= 0.6 is 0 Å². The first kappa shape index (κ1) is 17.2. The molecule has 6 nitrogen and oxygen atoms in total. The number of non-ortho nitro benzene ring substituents is 1. The average Bonchev–Trinajstić information content (AvgIpc) is 3.19. The number of hydrogen-bond acceptors (Lipinski definition) is 4. The molecule has 0 saturated carbocycles. The fraction of sp³-hybridized carbons (Fsp3) is 0.0500. The predicted octanol–water partition coefficient (Wildman–Crippen LogP) is 4.04. The Labute approximate surface area is 149 Å². The molecule has 0 fully saturated rings. The van der Waals surface area contributed by atoms with Crippen LogP contribution in [0.4, 0.5) is 5.69 Å². The Balaban J connectivity index is 1.91. The smallest absolute Gasteiger partial charge is 0.270 e. The number of nitro groups is 1. The molecule has 0 radical (unpaired) electrons. The summed E-state index contributed by atoms with van der Waals surface area (Å²) in [5.74, 6) is 0.347. The lowest BCUT2D eigenvalue weighted by Gasteiger charge is -2.09. The second-order valence-corrected chi connectivity index (χ2v) is 5.54. The average molecular weight is 348 g/mol. The molecule has 6 heteroatoms. The zero-order valence-corrected chi connectivity index (χ0v) is 13.8. The van der Waals surface area contributed by atoms with E-state index in [0.717, 1.165) is 5.56 Å². The van der Waals surface area contributed by atoms with Crippen LogP contribution in [0.15, 0.2) is 77.4 Å². The number of furan rings is 1. The molecule has 0 aliphatic rings. The summed E-state index contributed by atoms with van der Waals surface area (Å²) < 4.78 is 5.22. The minimum atomic E-state index is -0.462. The Morgan fingerprint density at radius 2 is 1.88 bits per heavy atom. The number of carbonyl (C=O) groups excluding carboxylic acids is 1. The maximum absolute atomic E-state index is 12.7. The molecular formula is C20H16N2O4. The van der Waals surface area contributed by atoms with E-state index in [-0.39, 0.29) is 18.1 Å². The Morgan fingerprint density at radius 1 is 1.08 bits per heavy atom. The Morgan fingerprint density at radius 3 is 2.58 bits per heavy atom. The lowest BCUT2D eigenvalue weighted by molar-refractivity contribution is -0.384. The molecule has 1 N–H and O–H groups in total. The van der Waals surface area contributed by atoms with Crippen molar-refractivity contribution in [1.29, 1.82) is 0 Å². The van der Waals surface area contributed by atoms with Gasteiger partial charge in [-0.1, -0.05) is 42.5 Å². The lowest BCUT2D eigenvalue weighted by Crippen LogP contribution is -2.23. The van der Waals surface area contributed by atoms with Crippen LogP contribution in [0.3, 0.4) is 0 Å². The fourth-order valence-corrected chi connectivity index (χ4v) is 2.47. The van der Waals surface area contributed by atoms with Crippen LogP contribution in [0, 0.1) is 10.1 Å². The van der Waals surface area contributed by atoms with Crippen molar-refractivity contribution < 1.29 is 14.1 Å². The molecule has 0 saturated heterocycles. The van der Waals surface area contributed by atoms with E-state index in [1.54, 1.807) is 36.6 Å². The quantitative estimate of drug-likeness (QED) is 0.315. The number of nitrogens with one attached hydrogen (secondary N) is 1. The van der Waals surface area contributed by atoms with Gasteiger partial charge in [0.2, 0.25) is 0 Å². The second-order valence-electron chi connectivity index (χ2n) is 5.54. The minimum absolute atomic E-state index is 0.0258. The monoisotopic (exact) mass is 348 g/mol. The summed E-state index contributed by atoms with van der Waals surface area (Å²) in [7, 11) is 0. The summed E-state index contributed by atoms with van der Waals surface area (Å²) in [4.78, 5) is 23.2. The van der Waals surface area contributed by atoms with Gasteiger partial charge < -0.3 is 9.73 Å². The number of amides is 1. The highest BCUT2D eigenvalue weighted by Gasteiger charge is 2.13. The number of rotatable bonds is 6. The molecule has 130 valence electrons. The number of hydrogen-bond donors (Lipinski definition) is 1. The van der Waals surface area contributed by atoms with E-state index >= 15 is 0 Å². The summed E-state index contributed by atoms with van der Waals surface area (Å²) >= 11 is 0. The Hall–Kier alpha value is -3.67. The van der Waals surface area contributed by atoms with Crippen molar-refractivity contribution in [2.24, 2.45) is 0 Å². The molecule has 1 heterocycles. The highest BCUT2D eigenvalue weighted by Crippen LogP contribution is 2.21. The van der Waals surface area contributed by atoms with Crippen LogP contribution in [0.2, 0.25) is 0 Å². The van der Waals surface area contributed by atoms with Gasteiger partial charge in [0.05, 0.1) is 17.7 Å². The van der Waals surface area contributed by atoms with Crippen molar-refractivity contribution in [2.75, 3.05) is 0 Å². The molecule has 0 spiro atoms. The van der Waals surface area contributed by atoms with Crippen LogP contribution in [-0.4, -0.2) is 10.8 Å². The third-order valence-corrected chi connectivity index (χ3v) is 3.72. The summed E-state index contributed by atoms with van der Waals surface area (Å²) in [5.41, 5.74) is 1.68. The van der Waals surface area contributed by atoms with Crippen LogP contribution in [0.25, 0.3) is 11.6 Å². The van der Waals surface area contributed by atoms with Gasteiger partial charge in [-0.25, -0.2) is 0 Å². The predicted molar refractivity (Wildman–Crippen MR) is 98.0 cm³/mol. The summed E-state index contributed by atoms with van der Waals surface area (Å²) in [5, 5.41) is 13.8. The van der Waals surface area contributed by atoms with E-state index in [9.17, 15) is 14.9 Å². The highest BCUT2D eigenvalue weighted by atomic mass is 16.6. The van der Waals surface area contributed by atoms with Crippen molar-refractivity contribution in [3.63, 3.8) is 0 Å².